The summed E-state index contributed by atoms with van der Waals surface area (Å²) in [5, 5.41) is 9.03. The van der Waals surface area contributed by atoms with E-state index in [0.29, 0.717) is 0 Å². The predicted molar refractivity (Wildman–Crippen MR) is 129 cm³/mol. The minimum atomic E-state index is -1.43. The summed E-state index contributed by atoms with van der Waals surface area (Å²) in [5.41, 5.74) is 0. The number of aliphatic hydroxyl groups is 1. The average Bonchev–Trinajstić information content (AvgIpc) is 2.12. The van der Waals surface area contributed by atoms with Gasteiger partial charge in [-0.2, -0.15) is 0 Å². The molecule has 7 heteroatoms. The van der Waals surface area contributed by atoms with Crippen molar-refractivity contribution in [2.24, 2.45) is 0 Å². The van der Waals surface area contributed by atoms with Crippen LogP contribution in [0.15, 0.2) is 0 Å². The van der Waals surface area contributed by atoms with Gasteiger partial charge in [0.05, 0.1) is 12.8 Å². The number of hydrogen-bond donors (Lipinski definition) is 1. The molecule has 0 radical (unpaired) electrons. The van der Waals surface area contributed by atoms with Crippen LogP contribution in [-0.4, -0.2) is 50.2 Å². The Hall–Kier alpha value is 0.748. The van der Waals surface area contributed by atoms with Crippen LogP contribution < -0.4 is 0 Å². The first-order valence-electron chi connectivity index (χ1n) is 7.39. The Morgan fingerprint density at radius 3 is 1.12 bits per heavy atom. The Bertz CT molecular complexity index is 277. The summed E-state index contributed by atoms with van der Waals surface area (Å²) in [6.45, 7) is 23.9. The molecule has 0 fully saturated rings. The highest BCUT2D eigenvalue weighted by Crippen LogP contribution is 2.18. The van der Waals surface area contributed by atoms with Crippen LogP contribution in [0.4, 0.5) is 0 Å². The SMILES string of the molecule is C.C.C.C.CO[Si](C)(C)[Si](C)(C)C.C[SiH](O[Si](C)(C)C)C(C)(C)O. The standard InChI is InChI=1S/C7H20O2Si2.C6H18OSi2.4CH4/c1-7(2,8)10(3)9-11(4,5)6;1-7-9(5,6)8(2,3)4;;;;/h8,10H,1-6H3;1-6H3;4*1H4. The van der Waals surface area contributed by atoms with Crippen LogP contribution in [-0.2, 0) is 8.54 Å². The molecule has 0 aliphatic rings. The Morgan fingerprint density at radius 1 is 0.792 bits per heavy atom. The van der Waals surface area contributed by atoms with Gasteiger partial charge in [0.2, 0.25) is 0 Å². The Morgan fingerprint density at radius 2 is 1.08 bits per heavy atom. The second kappa shape index (κ2) is 13.9. The van der Waals surface area contributed by atoms with Crippen LogP contribution in [0.25, 0.3) is 0 Å². The van der Waals surface area contributed by atoms with E-state index >= 15 is 0 Å². The molecule has 0 aliphatic carbocycles. The largest absolute Gasteiger partial charge is 0.456 e. The summed E-state index contributed by atoms with van der Waals surface area (Å²) in [7, 11) is -3.18. The van der Waals surface area contributed by atoms with Gasteiger partial charge in [-0.15, -0.1) is 0 Å². The second-order valence-corrected chi connectivity index (χ2v) is 32.4. The molecule has 1 unspecified atom stereocenters. The van der Waals surface area contributed by atoms with Crippen molar-refractivity contribution in [3.8, 4) is 0 Å². The highest BCUT2D eigenvalue weighted by Gasteiger charge is 2.37. The van der Waals surface area contributed by atoms with Crippen LogP contribution in [0.5, 0.6) is 0 Å². The van der Waals surface area contributed by atoms with Crippen molar-refractivity contribution in [2.45, 2.75) is 108 Å². The maximum absolute atomic E-state index is 9.61. The Kier molecular flexibility index (Phi) is 23.0. The van der Waals surface area contributed by atoms with Gasteiger partial charge < -0.3 is 13.6 Å². The molecule has 1 N–H and O–H groups in total. The van der Waals surface area contributed by atoms with Gasteiger partial charge in [-0.05, 0) is 53.1 Å². The zero-order valence-corrected chi connectivity index (χ0v) is 20.0. The lowest BCUT2D eigenvalue weighted by Gasteiger charge is -2.32. The van der Waals surface area contributed by atoms with E-state index in [1.54, 1.807) is 0 Å². The van der Waals surface area contributed by atoms with Crippen molar-refractivity contribution in [1.29, 1.82) is 0 Å². The monoisotopic (exact) mass is 418 g/mol. The third-order valence-corrected chi connectivity index (χ3v) is 26.2. The molecule has 0 saturated carbocycles. The average molecular weight is 419 g/mol. The van der Waals surface area contributed by atoms with E-state index in [1.165, 1.54) is 0 Å². The van der Waals surface area contributed by atoms with Gasteiger partial charge in [0.1, 0.15) is 0 Å². The molecule has 0 amide bonds. The van der Waals surface area contributed by atoms with Crippen molar-refractivity contribution in [3.63, 3.8) is 0 Å². The fraction of sp³-hybridized carbons (Fsp3) is 1.00. The smallest absolute Gasteiger partial charge is 0.191 e. The molecular weight excluding hydrogens is 365 g/mol. The van der Waals surface area contributed by atoms with Gasteiger partial charge in [0.15, 0.2) is 25.2 Å². The molecule has 0 aromatic rings. The summed E-state index contributed by atoms with van der Waals surface area (Å²) in [6, 6.07) is 0. The highest BCUT2D eigenvalue weighted by molar-refractivity contribution is 7.37. The lowest BCUT2D eigenvalue weighted by Crippen LogP contribution is -2.54. The first-order valence-corrected chi connectivity index (χ1v) is 20.4. The molecule has 0 aromatic carbocycles. The van der Waals surface area contributed by atoms with E-state index < -0.39 is 38.0 Å². The minimum absolute atomic E-state index is 0. The Balaban J connectivity index is -0.0000000586. The molecule has 3 nitrogen and oxygen atoms in total. The lowest BCUT2D eigenvalue weighted by molar-refractivity contribution is 0.146. The maximum Gasteiger partial charge on any atom is 0.191 e. The molecule has 0 aromatic heterocycles. The summed E-state index contributed by atoms with van der Waals surface area (Å²) < 4.78 is 11.3. The topological polar surface area (TPSA) is 38.7 Å². The molecule has 0 heterocycles. The van der Waals surface area contributed by atoms with E-state index in [9.17, 15) is 5.11 Å². The predicted octanol–water partition coefficient (Wildman–Crippen LogP) is 6.30. The lowest BCUT2D eigenvalue weighted by atomic mass is 10.5. The normalized spacial score (nSPS) is 12.9. The summed E-state index contributed by atoms with van der Waals surface area (Å²) in [6.07, 6.45) is 0. The highest BCUT2D eigenvalue weighted by atomic mass is 29.3. The first kappa shape index (κ1) is 39.7. The quantitative estimate of drug-likeness (QED) is 0.532. The zero-order valence-electron chi connectivity index (χ0n) is 15.8. The van der Waals surface area contributed by atoms with E-state index in [-0.39, 0.29) is 29.7 Å². The van der Waals surface area contributed by atoms with Gasteiger partial charge in [0.25, 0.3) is 0 Å². The van der Waals surface area contributed by atoms with Crippen molar-refractivity contribution < 1.29 is 13.6 Å². The van der Waals surface area contributed by atoms with Gasteiger partial charge in [-0.25, -0.2) is 0 Å². The van der Waals surface area contributed by atoms with Crippen molar-refractivity contribution >= 4 is 32.8 Å². The van der Waals surface area contributed by atoms with E-state index in [4.69, 9.17) is 8.54 Å². The Labute approximate surface area is 161 Å². The number of hydrogen-bond acceptors (Lipinski definition) is 3. The zero-order chi connectivity index (χ0) is 17.0. The molecule has 0 saturated heterocycles. The van der Waals surface area contributed by atoms with Gasteiger partial charge in [0, 0.05) is 7.11 Å². The molecular formula is C17H54O3Si4. The number of rotatable bonds is 5. The van der Waals surface area contributed by atoms with Crippen LogP contribution in [0.1, 0.15) is 43.6 Å². The third kappa shape index (κ3) is 19.1. The van der Waals surface area contributed by atoms with Crippen molar-refractivity contribution in [3.05, 3.63) is 0 Å². The van der Waals surface area contributed by atoms with E-state index in [0.717, 1.165) is 0 Å². The fourth-order valence-corrected chi connectivity index (χ4v) is 8.83. The first-order chi connectivity index (χ1) is 8.44. The fourth-order valence-electron chi connectivity index (χ4n) is 0.981. The van der Waals surface area contributed by atoms with Gasteiger partial charge in [-0.1, -0.05) is 49.3 Å². The van der Waals surface area contributed by atoms with Gasteiger partial charge in [-0.3, -0.25) is 0 Å². The van der Waals surface area contributed by atoms with Crippen LogP contribution >= 0.6 is 0 Å². The molecule has 24 heavy (non-hydrogen) atoms. The molecule has 0 spiro atoms. The molecule has 1 atom stereocenters. The van der Waals surface area contributed by atoms with Crippen molar-refractivity contribution in [2.75, 3.05) is 7.11 Å². The van der Waals surface area contributed by atoms with E-state index in [2.05, 4.69) is 58.9 Å². The molecule has 0 bridgehead atoms. The minimum Gasteiger partial charge on any atom is -0.456 e. The summed E-state index contributed by atoms with van der Waals surface area (Å²) in [4.78, 5) is 0. The van der Waals surface area contributed by atoms with Gasteiger partial charge >= 0.3 is 0 Å². The maximum atomic E-state index is 9.61. The van der Waals surface area contributed by atoms with Crippen LogP contribution in [0.3, 0.4) is 0 Å². The summed E-state index contributed by atoms with van der Waals surface area (Å²) in [5.74, 6) is 0. The second-order valence-electron chi connectivity index (χ2n) is 8.49. The third-order valence-electron chi connectivity index (χ3n) is 3.84. The van der Waals surface area contributed by atoms with Crippen molar-refractivity contribution in [1.82, 2.24) is 0 Å². The van der Waals surface area contributed by atoms with Crippen LogP contribution in [0, 0.1) is 0 Å². The molecule has 156 valence electrons. The molecule has 0 rings (SSSR count). The van der Waals surface area contributed by atoms with Crippen LogP contribution in [0.2, 0.25) is 58.9 Å². The van der Waals surface area contributed by atoms with E-state index in [1.807, 2.05) is 21.0 Å². The molecule has 0 aliphatic heterocycles. The summed E-state index contributed by atoms with van der Waals surface area (Å²) >= 11 is 0.